The van der Waals surface area contributed by atoms with Crippen molar-refractivity contribution < 1.29 is 9.59 Å². The smallest absolute Gasteiger partial charge is 0.258 e. The second-order valence-electron chi connectivity index (χ2n) is 5.38. The van der Waals surface area contributed by atoms with Gasteiger partial charge in [-0.05, 0) is 19.1 Å². The molecule has 1 aromatic carbocycles. The molecule has 0 fully saturated rings. The first-order valence-electron chi connectivity index (χ1n) is 7.01. The van der Waals surface area contributed by atoms with Crippen LogP contribution in [0.5, 0.6) is 0 Å². The number of benzene rings is 1. The third-order valence-electron chi connectivity index (χ3n) is 3.61. The third kappa shape index (κ3) is 2.91. The monoisotopic (exact) mass is 313 g/mol. The fourth-order valence-electron chi connectivity index (χ4n) is 2.45. The van der Waals surface area contributed by atoms with Gasteiger partial charge in [-0.25, -0.2) is 0 Å². The number of aryl methyl sites for hydroxylation is 1. The molecule has 0 saturated heterocycles. The van der Waals surface area contributed by atoms with Gasteiger partial charge in [0.1, 0.15) is 5.82 Å². The van der Waals surface area contributed by atoms with Gasteiger partial charge in [0.05, 0.1) is 11.5 Å². The number of H-pyrrole nitrogens is 1. The average Bonchev–Trinajstić information content (AvgIpc) is 2.48. The Bertz CT molecular complexity index is 841. The summed E-state index contributed by atoms with van der Waals surface area (Å²) in [5, 5.41) is 5.45. The van der Waals surface area contributed by atoms with Crippen molar-refractivity contribution in [3.8, 4) is 0 Å². The minimum absolute atomic E-state index is 0.0587. The molecule has 1 aliphatic heterocycles. The van der Waals surface area contributed by atoms with Crippen molar-refractivity contribution in [2.75, 3.05) is 10.6 Å². The fraction of sp³-hybridized carbons (Fsp3) is 0.200. The van der Waals surface area contributed by atoms with Crippen molar-refractivity contribution in [1.29, 1.82) is 0 Å². The summed E-state index contributed by atoms with van der Waals surface area (Å²) in [4.78, 5) is 42.1. The van der Waals surface area contributed by atoms with Crippen LogP contribution in [0.1, 0.15) is 23.5 Å². The number of nitrogens with zero attached hydrogens (tertiary/aromatic N) is 1. The van der Waals surface area contributed by atoms with Crippen LogP contribution in [-0.2, 0) is 9.59 Å². The summed E-state index contributed by atoms with van der Waals surface area (Å²) in [7, 11) is 0. The lowest BCUT2D eigenvalue weighted by atomic mass is 9.93. The molecule has 3 rings (SSSR count). The molecule has 8 heteroatoms. The molecule has 1 aromatic heterocycles. The lowest BCUT2D eigenvalue weighted by Gasteiger charge is -2.21. The number of hydrogen-bond acceptors (Lipinski definition) is 5. The van der Waals surface area contributed by atoms with E-state index in [9.17, 15) is 14.4 Å². The van der Waals surface area contributed by atoms with Crippen LogP contribution in [0.3, 0.4) is 0 Å². The lowest BCUT2D eigenvalue weighted by Crippen LogP contribution is -2.36. The number of carbonyl (C=O) groups excluding carboxylic acids is 2. The summed E-state index contributed by atoms with van der Waals surface area (Å²) in [6.07, 6.45) is -0.155. The van der Waals surface area contributed by atoms with E-state index in [4.69, 9.17) is 5.73 Å². The van der Waals surface area contributed by atoms with Gasteiger partial charge in [-0.3, -0.25) is 19.4 Å². The Balaban J connectivity index is 1.99. The molecule has 1 atom stereocenters. The summed E-state index contributed by atoms with van der Waals surface area (Å²) in [5.41, 5.74) is 6.68. The van der Waals surface area contributed by atoms with Gasteiger partial charge in [0.15, 0.2) is 0 Å². The Morgan fingerprint density at radius 2 is 2.00 bits per heavy atom. The Hall–Kier alpha value is -3.16. The van der Waals surface area contributed by atoms with Crippen molar-refractivity contribution in [1.82, 2.24) is 9.97 Å². The maximum atomic E-state index is 12.3. The zero-order valence-corrected chi connectivity index (χ0v) is 12.3. The molecule has 0 radical (unpaired) electrons. The number of carbonyl (C=O) groups is 2. The highest BCUT2D eigenvalue weighted by Crippen LogP contribution is 2.28. The van der Waals surface area contributed by atoms with Gasteiger partial charge in [-0.1, -0.05) is 17.7 Å². The predicted molar refractivity (Wildman–Crippen MR) is 84.5 cm³/mol. The molecule has 8 nitrogen and oxygen atoms in total. The first kappa shape index (κ1) is 14.8. The second kappa shape index (κ2) is 5.56. The fourth-order valence-corrected chi connectivity index (χ4v) is 2.45. The minimum atomic E-state index is -0.969. The largest absolute Gasteiger partial charge is 0.369 e. The van der Waals surface area contributed by atoms with Crippen LogP contribution in [0.2, 0.25) is 0 Å². The van der Waals surface area contributed by atoms with Gasteiger partial charge in [0.2, 0.25) is 17.8 Å². The second-order valence-corrected chi connectivity index (χ2v) is 5.38. The topological polar surface area (TPSA) is 130 Å². The molecule has 0 saturated carbocycles. The Morgan fingerprint density at radius 3 is 2.65 bits per heavy atom. The van der Waals surface area contributed by atoms with E-state index in [2.05, 4.69) is 20.6 Å². The SMILES string of the molecule is Cc1ccc(Nc2nc3c(c(=O)[nH]2)[C@H](C(N)=O)CC(=O)N3)cc1. The van der Waals surface area contributed by atoms with Gasteiger partial charge in [0.25, 0.3) is 5.56 Å². The quantitative estimate of drug-likeness (QED) is 0.663. The molecular formula is C15H15N5O3. The van der Waals surface area contributed by atoms with Crippen molar-refractivity contribution in [2.24, 2.45) is 5.73 Å². The molecule has 0 aliphatic carbocycles. The number of primary amides is 1. The Morgan fingerprint density at radius 1 is 1.30 bits per heavy atom. The zero-order chi connectivity index (χ0) is 16.6. The number of hydrogen-bond donors (Lipinski definition) is 4. The molecular weight excluding hydrogens is 298 g/mol. The number of nitrogens with two attached hydrogens (primary N) is 1. The van der Waals surface area contributed by atoms with Crippen molar-refractivity contribution in [2.45, 2.75) is 19.3 Å². The van der Waals surface area contributed by atoms with E-state index >= 15 is 0 Å². The van der Waals surface area contributed by atoms with Crippen LogP contribution >= 0.6 is 0 Å². The molecule has 23 heavy (non-hydrogen) atoms. The van der Waals surface area contributed by atoms with Crippen LogP contribution in [0.15, 0.2) is 29.1 Å². The highest BCUT2D eigenvalue weighted by atomic mass is 16.2. The van der Waals surface area contributed by atoms with E-state index in [0.717, 1.165) is 11.3 Å². The molecule has 2 heterocycles. The number of amides is 2. The van der Waals surface area contributed by atoms with Crippen LogP contribution in [0.4, 0.5) is 17.5 Å². The first-order valence-corrected chi connectivity index (χ1v) is 7.01. The molecule has 118 valence electrons. The zero-order valence-electron chi connectivity index (χ0n) is 12.3. The molecule has 1 aliphatic rings. The number of aromatic amines is 1. The molecule has 2 amide bonds. The normalized spacial score (nSPS) is 16.4. The standard InChI is InChI=1S/C15H15N5O3/c1-7-2-4-8(5-3-7)17-15-19-13-11(14(23)20-15)9(12(16)22)6-10(21)18-13/h2-5,9H,6H2,1H3,(H2,16,22)(H3,17,18,19,20,21,23)/t9-/m1/s1. The Labute approximate surface area is 131 Å². The molecule has 5 N–H and O–H groups in total. The first-order chi connectivity index (χ1) is 10.9. The van der Waals surface area contributed by atoms with Gasteiger partial charge in [-0.15, -0.1) is 0 Å². The molecule has 0 spiro atoms. The van der Waals surface area contributed by atoms with Crippen LogP contribution in [-0.4, -0.2) is 21.8 Å². The number of nitrogens with one attached hydrogen (secondary N) is 3. The summed E-state index contributed by atoms with van der Waals surface area (Å²) >= 11 is 0. The number of fused-ring (bicyclic) bond motifs is 1. The minimum Gasteiger partial charge on any atom is -0.369 e. The van der Waals surface area contributed by atoms with Gasteiger partial charge in [-0.2, -0.15) is 4.98 Å². The van der Waals surface area contributed by atoms with Crippen molar-refractivity contribution in [3.63, 3.8) is 0 Å². The van der Waals surface area contributed by atoms with Crippen molar-refractivity contribution in [3.05, 3.63) is 45.7 Å². The number of anilines is 3. The van der Waals surface area contributed by atoms with E-state index in [1.165, 1.54) is 0 Å². The summed E-state index contributed by atoms with van der Waals surface area (Å²) in [6.45, 7) is 1.96. The maximum Gasteiger partial charge on any atom is 0.258 e. The molecule has 0 bridgehead atoms. The van der Waals surface area contributed by atoms with Gasteiger partial charge in [0, 0.05) is 12.1 Å². The average molecular weight is 313 g/mol. The Kier molecular flexibility index (Phi) is 3.57. The highest BCUT2D eigenvalue weighted by Gasteiger charge is 2.33. The summed E-state index contributed by atoms with van der Waals surface area (Å²) in [5.74, 6) is -1.87. The molecule has 0 unspecified atom stereocenters. The van der Waals surface area contributed by atoms with E-state index < -0.39 is 23.3 Å². The van der Waals surface area contributed by atoms with Crippen LogP contribution < -0.4 is 21.9 Å². The summed E-state index contributed by atoms with van der Waals surface area (Å²) in [6, 6.07) is 7.48. The predicted octanol–water partition coefficient (Wildman–Crippen LogP) is 0.733. The number of aromatic nitrogens is 2. The van der Waals surface area contributed by atoms with Gasteiger partial charge >= 0.3 is 0 Å². The molecule has 2 aromatic rings. The van der Waals surface area contributed by atoms with E-state index in [0.29, 0.717) is 0 Å². The van der Waals surface area contributed by atoms with E-state index in [1.54, 1.807) is 0 Å². The third-order valence-corrected chi connectivity index (χ3v) is 3.61. The van der Waals surface area contributed by atoms with E-state index in [-0.39, 0.29) is 23.8 Å². The maximum absolute atomic E-state index is 12.3. The van der Waals surface area contributed by atoms with Crippen molar-refractivity contribution >= 4 is 29.3 Å². The lowest BCUT2D eigenvalue weighted by molar-refractivity contribution is -0.124. The van der Waals surface area contributed by atoms with Crippen LogP contribution in [0, 0.1) is 6.92 Å². The van der Waals surface area contributed by atoms with E-state index in [1.807, 2.05) is 31.2 Å². The highest BCUT2D eigenvalue weighted by molar-refractivity contribution is 5.99. The number of rotatable bonds is 3. The van der Waals surface area contributed by atoms with Crippen LogP contribution in [0.25, 0.3) is 0 Å². The summed E-state index contributed by atoms with van der Waals surface area (Å²) < 4.78 is 0. The van der Waals surface area contributed by atoms with Gasteiger partial charge < -0.3 is 16.4 Å².